The van der Waals surface area contributed by atoms with Gasteiger partial charge in [0.15, 0.2) is 0 Å². The minimum Gasteiger partial charge on any atom is -0.373 e. The summed E-state index contributed by atoms with van der Waals surface area (Å²) in [5, 5.41) is 0. The first-order valence-corrected chi connectivity index (χ1v) is 16.8. The normalized spacial score (nSPS) is 12.2. The molecule has 0 aromatic carbocycles. The molecule has 0 N–H and O–H groups in total. The first kappa shape index (κ1) is 33.4. The maximum absolute atomic E-state index is 6.47. The monoisotopic (exact) mass is 505 g/mol. The van der Waals surface area contributed by atoms with Gasteiger partial charge in [-0.2, -0.15) is 12.6 Å². The average molecular weight is 506 g/mol. The molecule has 0 saturated heterocycles. The van der Waals surface area contributed by atoms with Crippen molar-refractivity contribution in [3.63, 3.8) is 0 Å². The maximum atomic E-state index is 6.47. The van der Waals surface area contributed by atoms with Crippen molar-refractivity contribution in [3.05, 3.63) is 0 Å². The highest BCUT2D eigenvalue weighted by molar-refractivity contribution is 7.80. The molecule has 0 heterocycles. The van der Waals surface area contributed by atoms with E-state index in [1.54, 1.807) is 0 Å². The van der Waals surface area contributed by atoms with Crippen molar-refractivity contribution in [2.45, 2.75) is 129 Å². The molecule has 0 spiro atoms. The van der Waals surface area contributed by atoms with Crippen molar-refractivity contribution in [3.8, 4) is 0 Å². The summed E-state index contributed by atoms with van der Waals surface area (Å²) in [6, 6.07) is 0.887. The molecule has 200 valence electrons. The van der Waals surface area contributed by atoms with Gasteiger partial charge in [0.1, 0.15) is 0 Å². The van der Waals surface area contributed by atoms with Crippen LogP contribution >= 0.6 is 12.6 Å². The molecule has 0 aromatic heterocycles. The summed E-state index contributed by atoms with van der Waals surface area (Å²) in [6.07, 6.45) is 22.0. The van der Waals surface area contributed by atoms with Crippen molar-refractivity contribution < 1.29 is 13.3 Å². The highest BCUT2D eigenvalue weighted by Crippen LogP contribution is 2.21. The zero-order valence-corrected chi connectivity index (χ0v) is 24.8. The van der Waals surface area contributed by atoms with Crippen molar-refractivity contribution in [1.29, 1.82) is 0 Å². The van der Waals surface area contributed by atoms with E-state index < -0.39 is 8.80 Å². The van der Waals surface area contributed by atoms with E-state index in [0.29, 0.717) is 6.61 Å². The first-order chi connectivity index (χ1) is 16.1. The first-order valence-electron chi connectivity index (χ1n) is 14.3. The van der Waals surface area contributed by atoms with E-state index in [1.165, 1.54) is 89.9 Å². The van der Waals surface area contributed by atoms with Crippen LogP contribution in [0.1, 0.15) is 123 Å². The molecule has 4 nitrogen and oxygen atoms in total. The SMILES string of the molecule is CCCCCCCCCCO[Si](CCCS)(OCCCCCCCCCC)OCCN(C)C. The van der Waals surface area contributed by atoms with Crippen LogP contribution in [-0.4, -0.2) is 59.9 Å². The van der Waals surface area contributed by atoms with Crippen LogP contribution in [0.25, 0.3) is 0 Å². The van der Waals surface area contributed by atoms with Gasteiger partial charge in [-0.15, -0.1) is 0 Å². The van der Waals surface area contributed by atoms with Gasteiger partial charge in [0.2, 0.25) is 0 Å². The van der Waals surface area contributed by atoms with E-state index in [2.05, 4.69) is 45.5 Å². The largest absolute Gasteiger partial charge is 0.501 e. The van der Waals surface area contributed by atoms with Gasteiger partial charge in [-0.25, -0.2) is 0 Å². The molecule has 0 aliphatic rings. The second kappa shape index (κ2) is 25.5. The Balaban J connectivity index is 4.40. The van der Waals surface area contributed by atoms with Gasteiger partial charge in [-0.3, -0.25) is 0 Å². The Morgan fingerprint density at radius 3 is 1.33 bits per heavy atom. The summed E-state index contributed by atoms with van der Waals surface area (Å²) in [5.41, 5.74) is 0. The number of nitrogens with zero attached hydrogens (tertiary/aromatic N) is 1. The number of thiol groups is 1. The summed E-state index contributed by atoms with van der Waals surface area (Å²) >= 11 is 4.45. The van der Waals surface area contributed by atoms with E-state index in [1.807, 2.05) is 0 Å². The van der Waals surface area contributed by atoms with Crippen LogP contribution in [0.4, 0.5) is 0 Å². The molecule has 0 aromatic rings. The van der Waals surface area contributed by atoms with Crippen LogP contribution in [0.2, 0.25) is 6.04 Å². The second-order valence-corrected chi connectivity index (χ2v) is 13.0. The van der Waals surface area contributed by atoms with Crippen LogP contribution in [0.5, 0.6) is 0 Å². The average Bonchev–Trinajstić information content (AvgIpc) is 2.80. The number of hydrogen-bond acceptors (Lipinski definition) is 5. The summed E-state index contributed by atoms with van der Waals surface area (Å²) in [6.45, 7) is 7.68. The van der Waals surface area contributed by atoms with E-state index in [-0.39, 0.29) is 0 Å². The summed E-state index contributed by atoms with van der Waals surface area (Å²) < 4.78 is 19.4. The Hall–Kier alpha value is 0.407. The summed E-state index contributed by atoms with van der Waals surface area (Å²) in [5.74, 6) is 0.855. The fraction of sp³-hybridized carbons (Fsp3) is 1.00. The van der Waals surface area contributed by atoms with Gasteiger partial charge in [0, 0.05) is 25.8 Å². The minimum absolute atomic E-state index is 0.681. The van der Waals surface area contributed by atoms with E-state index in [0.717, 1.165) is 50.8 Å². The summed E-state index contributed by atoms with van der Waals surface area (Å²) in [7, 11) is 1.54. The smallest absolute Gasteiger partial charge is 0.373 e. The molecular weight excluding hydrogens is 446 g/mol. The van der Waals surface area contributed by atoms with Crippen LogP contribution in [0.15, 0.2) is 0 Å². The Morgan fingerprint density at radius 2 is 0.939 bits per heavy atom. The van der Waals surface area contributed by atoms with E-state index in [4.69, 9.17) is 13.3 Å². The van der Waals surface area contributed by atoms with Crippen molar-refractivity contribution in [1.82, 2.24) is 4.90 Å². The van der Waals surface area contributed by atoms with Crippen LogP contribution in [0, 0.1) is 0 Å². The van der Waals surface area contributed by atoms with Gasteiger partial charge < -0.3 is 18.2 Å². The molecule has 33 heavy (non-hydrogen) atoms. The summed E-state index contributed by atoms with van der Waals surface area (Å²) in [4.78, 5) is 2.16. The van der Waals surface area contributed by atoms with Crippen LogP contribution in [0.3, 0.4) is 0 Å². The Labute approximate surface area is 214 Å². The third-order valence-electron chi connectivity index (χ3n) is 6.14. The fourth-order valence-electron chi connectivity index (χ4n) is 3.95. The zero-order valence-electron chi connectivity index (χ0n) is 22.9. The fourth-order valence-corrected chi connectivity index (χ4v) is 7.01. The lowest BCUT2D eigenvalue weighted by Gasteiger charge is -2.30. The molecule has 0 aliphatic carbocycles. The van der Waals surface area contributed by atoms with Gasteiger partial charge in [0.25, 0.3) is 0 Å². The van der Waals surface area contributed by atoms with Gasteiger partial charge in [-0.1, -0.05) is 104 Å². The molecular formula is C27H59NO3SSi. The zero-order chi connectivity index (χ0) is 24.5. The molecule has 0 atom stereocenters. The third-order valence-corrected chi connectivity index (χ3v) is 9.36. The maximum Gasteiger partial charge on any atom is 0.501 e. The highest BCUT2D eigenvalue weighted by atomic mass is 32.1. The standard InChI is InChI=1S/C27H59NO3SSi/c1-5-7-9-11-13-15-17-19-23-29-33(27-21-26-32,31-25-22-28(3)4)30-24-20-18-16-14-12-10-8-6-2/h32H,5-27H2,1-4H3. The van der Waals surface area contributed by atoms with Gasteiger partial charge in [-0.05, 0) is 39.1 Å². The van der Waals surface area contributed by atoms with E-state index in [9.17, 15) is 0 Å². The lowest BCUT2D eigenvalue weighted by Crippen LogP contribution is -2.47. The van der Waals surface area contributed by atoms with E-state index >= 15 is 0 Å². The quantitative estimate of drug-likeness (QED) is 0.0693. The minimum atomic E-state index is -2.63. The topological polar surface area (TPSA) is 30.9 Å². The second-order valence-electron chi connectivity index (χ2n) is 9.81. The third kappa shape index (κ3) is 22.6. The molecule has 6 heteroatoms. The lowest BCUT2D eigenvalue weighted by atomic mass is 10.1. The predicted octanol–water partition coefficient (Wildman–Crippen LogP) is 8.14. The number of unbranched alkanes of at least 4 members (excludes halogenated alkanes) is 14. The van der Waals surface area contributed by atoms with Crippen LogP contribution in [-0.2, 0) is 13.3 Å². The molecule has 0 amide bonds. The number of hydrogen-bond donors (Lipinski definition) is 1. The van der Waals surface area contributed by atoms with Gasteiger partial charge >= 0.3 is 8.80 Å². The molecule has 0 fully saturated rings. The Kier molecular flexibility index (Phi) is 25.8. The molecule has 0 bridgehead atoms. The molecule has 0 radical (unpaired) electrons. The molecule has 0 unspecified atom stereocenters. The Bertz CT molecular complexity index is 366. The predicted molar refractivity (Wildman–Crippen MR) is 151 cm³/mol. The van der Waals surface area contributed by atoms with Crippen LogP contribution < -0.4 is 0 Å². The highest BCUT2D eigenvalue weighted by Gasteiger charge is 2.40. The Morgan fingerprint density at radius 1 is 0.545 bits per heavy atom. The molecule has 0 aliphatic heterocycles. The van der Waals surface area contributed by atoms with Crippen molar-refractivity contribution >= 4 is 21.4 Å². The lowest BCUT2D eigenvalue weighted by molar-refractivity contribution is 0.0523. The number of rotatable bonds is 27. The van der Waals surface area contributed by atoms with Crippen molar-refractivity contribution in [2.24, 2.45) is 0 Å². The van der Waals surface area contributed by atoms with Gasteiger partial charge in [0.05, 0.1) is 6.61 Å². The molecule has 0 saturated carbocycles. The molecule has 0 rings (SSSR count). The van der Waals surface area contributed by atoms with Crippen molar-refractivity contribution in [2.75, 3.05) is 46.2 Å². The number of likely N-dealkylation sites (N-methyl/N-ethyl adjacent to an activating group) is 1.